The minimum atomic E-state index is -0.532. The number of anilines is 1. The van der Waals surface area contributed by atoms with E-state index in [0.717, 1.165) is 5.56 Å². The van der Waals surface area contributed by atoms with Gasteiger partial charge in [0.25, 0.3) is 0 Å². The van der Waals surface area contributed by atoms with Crippen LogP contribution in [0, 0.1) is 5.92 Å². The van der Waals surface area contributed by atoms with Crippen LogP contribution in [-0.2, 0) is 16.0 Å². The molecule has 1 aromatic rings. The van der Waals surface area contributed by atoms with E-state index in [1.165, 1.54) is 6.92 Å². The van der Waals surface area contributed by atoms with Crippen LogP contribution in [-0.4, -0.2) is 18.0 Å². The van der Waals surface area contributed by atoms with Crippen molar-refractivity contribution in [3.63, 3.8) is 0 Å². The molecule has 1 unspecified atom stereocenters. The number of fused-ring (bicyclic) bond motifs is 1. The molecular formula is C13H13NO3. The number of ketones is 1. The Balaban J connectivity index is 2.43. The highest BCUT2D eigenvalue weighted by Crippen LogP contribution is 2.30. The molecule has 1 aliphatic rings. The molecule has 0 radical (unpaired) electrons. The quantitative estimate of drug-likeness (QED) is 0.621. The topological polar surface area (TPSA) is 63.2 Å². The third-order valence-electron chi connectivity index (χ3n) is 2.96. The summed E-state index contributed by atoms with van der Waals surface area (Å²) in [6, 6.07) is 5.20. The van der Waals surface area contributed by atoms with Crippen molar-refractivity contribution in [1.29, 1.82) is 0 Å². The SMILES string of the molecule is CC(=O)Nc1cccc2c1CCC(C=O)C2=O. The first-order valence-electron chi connectivity index (χ1n) is 5.52. The first-order valence-corrected chi connectivity index (χ1v) is 5.52. The van der Waals surface area contributed by atoms with Crippen molar-refractivity contribution in [3.8, 4) is 0 Å². The Morgan fingerprint density at radius 1 is 1.47 bits per heavy atom. The molecule has 1 aliphatic carbocycles. The van der Waals surface area contributed by atoms with E-state index in [9.17, 15) is 14.4 Å². The van der Waals surface area contributed by atoms with Gasteiger partial charge in [-0.15, -0.1) is 0 Å². The molecule has 17 heavy (non-hydrogen) atoms. The molecule has 1 amide bonds. The average molecular weight is 231 g/mol. The van der Waals surface area contributed by atoms with Crippen molar-refractivity contribution in [2.75, 3.05) is 5.32 Å². The highest BCUT2D eigenvalue weighted by Gasteiger charge is 2.28. The second kappa shape index (κ2) is 4.49. The zero-order valence-corrected chi connectivity index (χ0v) is 9.53. The van der Waals surface area contributed by atoms with Gasteiger partial charge in [-0.25, -0.2) is 0 Å². The van der Waals surface area contributed by atoms with Crippen LogP contribution < -0.4 is 5.32 Å². The predicted octanol–water partition coefficient (Wildman–Crippen LogP) is 1.59. The number of amides is 1. The summed E-state index contributed by atoms with van der Waals surface area (Å²) < 4.78 is 0. The fourth-order valence-electron chi connectivity index (χ4n) is 2.15. The number of hydrogen-bond donors (Lipinski definition) is 1. The van der Waals surface area contributed by atoms with Crippen LogP contribution in [0.5, 0.6) is 0 Å². The summed E-state index contributed by atoms with van der Waals surface area (Å²) in [5.41, 5.74) is 2.07. The number of benzene rings is 1. The zero-order valence-electron chi connectivity index (χ0n) is 9.53. The summed E-state index contributed by atoms with van der Waals surface area (Å²) >= 11 is 0. The summed E-state index contributed by atoms with van der Waals surface area (Å²) in [6.45, 7) is 1.43. The Bertz CT molecular complexity index is 493. The molecule has 0 heterocycles. The Labute approximate surface area is 99.0 Å². The molecule has 1 aromatic carbocycles. The first-order chi connectivity index (χ1) is 8.13. The van der Waals surface area contributed by atoms with Crippen molar-refractivity contribution in [3.05, 3.63) is 29.3 Å². The Morgan fingerprint density at radius 3 is 2.88 bits per heavy atom. The second-order valence-electron chi connectivity index (χ2n) is 4.16. The van der Waals surface area contributed by atoms with E-state index in [1.807, 2.05) is 0 Å². The van der Waals surface area contributed by atoms with Gasteiger partial charge in [0.1, 0.15) is 6.29 Å². The predicted molar refractivity (Wildman–Crippen MR) is 63.0 cm³/mol. The summed E-state index contributed by atoms with van der Waals surface area (Å²) in [6.07, 6.45) is 1.86. The zero-order chi connectivity index (χ0) is 12.4. The van der Waals surface area contributed by atoms with Crippen LogP contribution in [0.15, 0.2) is 18.2 Å². The van der Waals surface area contributed by atoms with Crippen LogP contribution >= 0.6 is 0 Å². The van der Waals surface area contributed by atoms with E-state index in [1.54, 1.807) is 18.2 Å². The maximum absolute atomic E-state index is 11.9. The molecular weight excluding hydrogens is 218 g/mol. The van der Waals surface area contributed by atoms with Crippen LogP contribution in [0.2, 0.25) is 0 Å². The summed E-state index contributed by atoms with van der Waals surface area (Å²) in [5, 5.41) is 2.71. The normalized spacial score (nSPS) is 18.4. The van der Waals surface area contributed by atoms with Crippen LogP contribution in [0.25, 0.3) is 0 Å². The standard InChI is InChI=1S/C13H13NO3/c1-8(16)14-12-4-2-3-11-10(12)6-5-9(7-15)13(11)17/h2-4,7,9H,5-6H2,1H3,(H,14,16). The van der Waals surface area contributed by atoms with Gasteiger partial charge in [0.15, 0.2) is 5.78 Å². The van der Waals surface area contributed by atoms with Gasteiger partial charge in [0.05, 0.1) is 5.92 Å². The lowest BCUT2D eigenvalue weighted by Gasteiger charge is -2.21. The Hall–Kier alpha value is -1.97. The Morgan fingerprint density at radius 2 is 2.24 bits per heavy atom. The van der Waals surface area contributed by atoms with Crippen molar-refractivity contribution >= 4 is 23.7 Å². The number of Topliss-reactive ketones (excluding diaryl/α,β-unsaturated/α-hetero) is 1. The molecule has 2 rings (SSSR count). The fraction of sp³-hybridized carbons (Fsp3) is 0.308. The molecule has 0 fully saturated rings. The fourth-order valence-corrected chi connectivity index (χ4v) is 2.15. The van der Waals surface area contributed by atoms with E-state index in [2.05, 4.69) is 5.32 Å². The van der Waals surface area contributed by atoms with E-state index in [4.69, 9.17) is 0 Å². The number of rotatable bonds is 2. The molecule has 4 heteroatoms. The van der Waals surface area contributed by atoms with Crippen molar-refractivity contribution in [1.82, 2.24) is 0 Å². The molecule has 0 saturated heterocycles. The average Bonchev–Trinajstić information content (AvgIpc) is 2.30. The lowest BCUT2D eigenvalue weighted by Crippen LogP contribution is -2.24. The summed E-state index contributed by atoms with van der Waals surface area (Å²) in [7, 11) is 0. The third kappa shape index (κ3) is 2.11. The van der Waals surface area contributed by atoms with Crippen LogP contribution in [0.4, 0.5) is 5.69 Å². The van der Waals surface area contributed by atoms with Crippen LogP contribution in [0.3, 0.4) is 0 Å². The molecule has 88 valence electrons. The lowest BCUT2D eigenvalue weighted by molar-refractivity contribution is -0.114. The van der Waals surface area contributed by atoms with Crippen LogP contribution in [0.1, 0.15) is 29.3 Å². The molecule has 0 saturated carbocycles. The Kier molecular flexibility index (Phi) is 3.04. The van der Waals surface area contributed by atoms with Gasteiger partial charge >= 0.3 is 0 Å². The maximum Gasteiger partial charge on any atom is 0.221 e. The van der Waals surface area contributed by atoms with Gasteiger partial charge in [-0.2, -0.15) is 0 Å². The van der Waals surface area contributed by atoms with E-state index < -0.39 is 5.92 Å². The largest absolute Gasteiger partial charge is 0.326 e. The number of carbonyl (C=O) groups is 3. The van der Waals surface area contributed by atoms with Gasteiger partial charge < -0.3 is 10.1 Å². The van der Waals surface area contributed by atoms with Crippen molar-refractivity contribution < 1.29 is 14.4 Å². The molecule has 0 bridgehead atoms. The van der Waals surface area contributed by atoms with Gasteiger partial charge in [-0.1, -0.05) is 12.1 Å². The number of nitrogens with one attached hydrogen (secondary N) is 1. The molecule has 1 atom stereocenters. The molecule has 0 aromatic heterocycles. The van der Waals surface area contributed by atoms with Gasteiger partial charge in [-0.3, -0.25) is 9.59 Å². The van der Waals surface area contributed by atoms with E-state index >= 15 is 0 Å². The highest BCUT2D eigenvalue weighted by atomic mass is 16.1. The summed E-state index contributed by atoms with van der Waals surface area (Å²) in [4.78, 5) is 33.7. The number of carbonyl (C=O) groups excluding carboxylic acids is 3. The third-order valence-corrected chi connectivity index (χ3v) is 2.96. The number of aldehydes is 1. The van der Waals surface area contributed by atoms with E-state index in [0.29, 0.717) is 30.4 Å². The van der Waals surface area contributed by atoms with Gasteiger partial charge in [0, 0.05) is 18.2 Å². The van der Waals surface area contributed by atoms with Gasteiger partial charge in [-0.05, 0) is 24.5 Å². The molecule has 4 nitrogen and oxygen atoms in total. The smallest absolute Gasteiger partial charge is 0.221 e. The molecule has 0 aliphatic heterocycles. The van der Waals surface area contributed by atoms with Crippen molar-refractivity contribution in [2.24, 2.45) is 5.92 Å². The first kappa shape index (κ1) is 11.5. The van der Waals surface area contributed by atoms with Gasteiger partial charge in [0.2, 0.25) is 5.91 Å². The minimum absolute atomic E-state index is 0.145. The molecule has 0 spiro atoms. The minimum Gasteiger partial charge on any atom is -0.326 e. The second-order valence-corrected chi connectivity index (χ2v) is 4.16. The maximum atomic E-state index is 11.9. The lowest BCUT2D eigenvalue weighted by atomic mass is 9.83. The van der Waals surface area contributed by atoms with Crippen molar-refractivity contribution in [2.45, 2.75) is 19.8 Å². The highest BCUT2D eigenvalue weighted by molar-refractivity contribution is 6.08. The number of hydrogen-bond acceptors (Lipinski definition) is 3. The monoisotopic (exact) mass is 231 g/mol. The van der Waals surface area contributed by atoms with E-state index in [-0.39, 0.29) is 11.7 Å². The summed E-state index contributed by atoms with van der Waals surface area (Å²) in [5.74, 6) is -0.841. The molecule has 1 N–H and O–H groups in total.